The number of hydrogen-bond donors (Lipinski definition) is 2. The standard InChI is InChI=1S/C17H28N4/c1-14(16-9-5-4-6-10-16)20-17(18-2)19-12-15-8-7-11-21(3)13-15/h4-6,9-10,14-15H,7-8,11-13H2,1-3H3,(H2,18,19,20). The van der Waals surface area contributed by atoms with Gasteiger partial charge in [-0.3, -0.25) is 4.99 Å². The van der Waals surface area contributed by atoms with E-state index < -0.39 is 0 Å². The van der Waals surface area contributed by atoms with Gasteiger partial charge >= 0.3 is 0 Å². The molecule has 2 rings (SSSR count). The van der Waals surface area contributed by atoms with Gasteiger partial charge in [0, 0.05) is 20.1 Å². The molecular formula is C17H28N4. The van der Waals surface area contributed by atoms with E-state index in [1.54, 1.807) is 0 Å². The van der Waals surface area contributed by atoms with E-state index in [2.05, 4.69) is 58.8 Å². The Hall–Kier alpha value is -1.55. The van der Waals surface area contributed by atoms with Crippen molar-refractivity contribution in [2.45, 2.75) is 25.8 Å². The summed E-state index contributed by atoms with van der Waals surface area (Å²) in [5.41, 5.74) is 1.28. The Morgan fingerprint density at radius 1 is 1.38 bits per heavy atom. The van der Waals surface area contributed by atoms with Gasteiger partial charge in [0.15, 0.2) is 5.96 Å². The highest BCUT2D eigenvalue weighted by molar-refractivity contribution is 5.80. The molecule has 2 N–H and O–H groups in total. The fraction of sp³-hybridized carbons (Fsp3) is 0.588. The molecule has 0 spiro atoms. The molecule has 4 nitrogen and oxygen atoms in total. The highest BCUT2D eigenvalue weighted by atomic mass is 15.2. The van der Waals surface area contributed by atoms with Crippen LogP contribution in [0.2, 0.25) is 0 Å². The van der Waals surface area contributed by atoms with Crippen LogP contribution in [0, 0.1) is 5.92 Å². The lowest BCUT2D eigenvalue weighted by Gasteiger charge is -2.30. The van der Waals surface area contributed by atoms with E-state index in [1.165, 1.54) is 31.5 Å². The van der Waals surface area contributed by atoms with Crippen LogP contribution in [0.25, 0.3) is 0 Å². The summed E-state index contributed by atoms with van der Waals surface area (Å²) in [7, 11) is 4.04. The number of piperidine rings is 1. The van der Waals surface area contributed by atoms with Crippen molar-refractivity contribution in [3.63, 3.8) is 0 Å². The van der Waals surface area contributed by atoms with Gasteiger partial charge < -0.3 is 15.5 Å². The molecule has 1 saturated heterocycles. The highest BCUT2D eigenvalue weighted by Crippen LogP contribution is 2.14. The average molecular weight is 288 g/mol. The molecule has 116 valence electrons. The van der Waals surface area contributed by atoms with Crippen LogP contribution < -0.4 is 10.6 Å². The monoisotopic (exact) mass is 288 g/mol. The number of nitrogens with one attached hydrogen (secondary N) is 2. The molecule has 0 aliphatic carbocycles. The normalized spacial score (nSPS) is 21.9. The summed E-state index contributed by atoms with van der Waals surface area (Å²) >= 11 is 0. The van der Waals surface area contributed by atoms with E-state index in [0.717, 1.165) is 12.5 Å². The Kier molecular flexibility index (Phi) is 6.05. The van der Waals surface area contributed by atoms with Crippen molar-refractivity contribution in [1.82, 2.24) is 15.5 Å². The zero-order valence-electron chi connectivity index (χ0n) is 13.5. The van der Waals surface area contributed by atoms with Gasteiger partial charge in [0.1, 0.15) is 0 Å². The van der Waals surface area contributed by atoms with Crippen LogP contribution in [0.4, 0.5) is 0 Å². The van der Waals surface area contributed by atoms with E-state index in [1.807, 2.05) is 13.1 Å². The lowest BCUT2D eigenvalue weighted by molar-refractivity contribution is 0.210. The van der Waals surface area contributed by atoms with Crippen LogP contribution >= 0.6 is 0 Å². The lowest BCUT2D eigenvalue weighted by Crippen LogP contribution is -2.44. The molecule has 1 heterocycles. The largest absolute Gasteiger partial charge is 0.356 e. The minimum atomic E-state index is 0.256. The van der Waals surface area contributed by atoms with Crippen LogP contribution in [0.1, 0.15) is 31.4 Å². The molecule has 0 amide bonds. The topological polar surface area (TPSA) is 39.7 Å². The van der Waals surface area contributed by atoms with E-state index in [9.17, 15) is 0 Å². The third-order valence-electron chi connectivity index (χ3n) is 4.16. The molecule has 4 heteroatoms. The van der Waals surface area contributed by atoms with Crippen LogP contribution in [-0.2, 0) is 0 Å². The second kappa shape index (κ2) is 8.03. The fourth-order valence-electron chi connectivity index (χ4n) is 2.91. The number of benzene rings is 1. The first-order chi connectivity index (χ1) is 10.2. The van der Waals surface area contributed by atoms with Gasteiger partial charge in [-0.2, -0.15) is 0 Å². The maximum atomic E-state index is 4.34. The summed E-state index contributed by atoms with van der Waals surface area (Å²) in [6.07, 6.45) is 2.61. The summed E-state index contributed by atoms with van der Waals surface area (Å²) in [5, 5.41) is 6.93. The Morgan fingerprint density at radius 3 is 2.81 bits per heavy atom. The number of rotatable bonds is 4. The van der Waals surface area contributed by atoms with Gasteiger partial charge in [0.25, 0.3) is 0 Å². The molecule has 0 saturated carbocycles. The van der Waals surface area contributed by atoms with Crippen LogP contribution in [0.5, 0.6) is 0 Å². The lowest BCUT2D eigenvalue weighted by atomic mass is 9.98. The Morgan fingerprint density at radius 2 is 2.14 bits per heavy atom. The van der Waals surface area contributed by atoms with Crippen LogP contribution in [0.15, 0.2) is 35.3 Å². The molecule has 2 unspecified atom stereocenters. The fourth-order valence-corrected chi connectivity index (χ4v) is 2.91. The number of likely N-dealkylation sites (tertiary alicyclic amines) is 1. The van der Waals surface area contributed by atoms with E-state index in [0.29, 0.717) is 5.92 Å². The highest BCUT2D eigenvalue weighted by Gasteiger charge is 2.17. The number of aliphatic imine (C=N–C) groups is 1. The summed E-state index contributed by atoms with van der Waals surface area (Å²) in [4.78, 5) is 6.75. The average Bonchev–Trinajstić information content (AvgIpc) is 2.52. The second-order valence-electron chi connectivity index (χ2n) is 6.00. The maximum absolute atomic E-state index is 4.34. The molecule has 2 atom stereocenters. The zero-order chi connectivity index (χ0) is 15.1. The SMILES string of the molecule is CN=C(NCC1CCCN(C)C1)NC(C)c1ccccc1. The van der Waals surface area contributed by atoms with Gasteiger partial charge in [0.2, 0.25) is 0 Å². The number of nitrogens with zero attached hydrogens (tertiary/aromatic N) is 2. The second-order valence-corrected chi connectivity index (χ2v) is 6.00. The van der Waals surface area contributed by atoms with Gasteiger partial charge in [0.05, 0.1) is 6.04 Å². The third-order valence-corrected chi connectivity index (χ3v) is 4.16. The molecule has 1 aliphatic rings. The Labute approximate surface area is 128 Å². The van der Waals surface area contributed by atoms with Crippen molar-refractivity contribution in [3.8, 4) is 0 Å². The molecule has 0 radical (unpaired) electrons. The van der Waals surface area contributed by atoms with Crippen molar-refractivity contribution in [3.05, 3.63) is 35.9 Å². The molecule has 1 aliphatic heterocycles. The zero-order valence-corrected chi connectivity index (χ0v) is 13.5. The van der Waals surface area contributed by atoms with Crippen molar-refractivity contribution < 1.29 is 0 Å². The van der Waals surface area contributed by atoms with Gasteiger partial charge in [-0.15, -0.1) is 0 Å². The first-order valence-corrected chi connectivity index (χ1v) is 7.89. The Balaban J connectivity index is 1.80. The van der Waals surface area contributed by atoms with E-state index in [-0.39, 0.29) is 6.04 Å². The molecule has 1 aromatic carbocycles. The van der Waals surface area contributed by atoms with E-state index in [4.69, 9.17) is 0 Å². The van der Waals surface area contributed by atoms with Crippen molar-refractivity contribution >= 4 is 5.96 Å². The quantitative estimate of drug-likeness (QED) is 0.659. The van der Waals surface area contributed by atoms with Crippen molar-refractivity contribution in [2.75, 3.05) is 33.7 Å². The summed E-state index contributed by atoms with van der Waals surface area (Å²) in [6, 6.07) is 10.7. The van der Waals surface area contributed by atoms with E-state index >= 15 is 0 Å². The summed E-state index contributed by atoms with van der Waals surface area (Å²) in [6.45, 7) is 5.56. The van der Waals surface area contributed by atoms with Crippen LogP contribution in [0.3, 0.4) is 0 Å². The predicted molar refractivity (Wildman–Crippen MR) is 89.6 cm³/mol. The summed E-state index contributed by atoms with van der Waals surface area (Å²) < 4.78 is 0. The van der Waals surface area contributed by atoms with Crippen molar-refractivity contribution in [1.29, 1.82) is 0 Å². The predicted octanol–water partition coefficient (Wildman–Crippen LogP) is 2.25. The molecule has 1 aromatic rings. The minimum absolute atomic E-state index is 0.256. The smallest absolute Gasteiger partial charge is 0.191 e. The molecule has 1 fully saturated rings. The third kappa shape index (κ3) is 5.05. The van der Waals surface area contributed by atoms with Gasteiger partial charge in [-0.1, -0.05) is 30.3 Å². The molecule has 0 bridgehead atoms. The first-order valence-electron chi connectivity index (χ1n) is 7.89. The van der Waals surface area contributed by atoms with Crippen LogP contribution in [-0.4, -0.2) is 44.6 Å². The Bertz CT molecular complexity index is 443. The number of hydrogen-bond acceptors (Lipinski definition) is 2. The first kappa shape index (κ1) is 15.8. The molecular weight excluding hydrogens is 260 g/mol. The van der Waals surface area contributed by atoms with Gasteiger partial charge in [-0.25, -0.2) is 0 Å². The van der Waals surface area contributed by atoms with Gasteiger partial charge in [-0.05, 0) is 44.8 Å². The molecule has 0 aromatic heterocycles. The minimum Gasteiger partial charge on any atom is -0.356 e. The van der Waals surface area contributed by atoms with Crippen molar-refractivity contribution in [2.24, 2.45) is 10.9 Å². The maximum Gasteiger partial charge on any atom is 0.191 e. The summed E-state index contributed by atoms with van der Waals surface area (Å²) in [5.74, 6) is 1.61. The molecule has 21 heavy (non-hydrogen) atoms. The number of guanidine groups is 1.